The van der Waals surface area contributed by atoms with Crippen LogP contribution in [0.3, 0.4) is 0 Å². The van der Waals surface area contributed by atoms with Crippen LogP contribution in [0.2, 0.25) is 0 Å². The highest BCUT2D eigenvalue weighted by atomic mass is 19.1. The Bertz CT molecular complexity index is 872. The Kier molecular flexibility index (Phi) is 4.26. The predicted molar refractivity (Wildman–Crippen MR) is 91.5 cm³/mol. The molecule has 1 amide bonds. The Hall–Kier alpha value is -3.36. The molecule has 4 rings (SSSR count). The summed E-state index contributed by atoms with van der Waals surface area (Å²) in [5, 5.41) is 12.4. The van der Waals surface area contributed by atoms with Gasteiger partial charge in [-0.2, -0.15) is 5.10 Å². The van der Waals surface area contributed by atoms with Crippen LogP contribution in [-0.4, -0.2) is 61.9 Å². The highest BCUT2D eigenvalue weighted by Crippen LogP contribution is 2.15. The maximum Gasteiger partial charge on any atom is 0.253 e. The number of piperazine rings is 1. The van der Waals surface area contributed by atoms with Crippen LogP contribution in [0, 0.1) is 5.82 Å². The SMILES string of the molecule is O=C(c1ccc(F)cc1)N1CCN(c2ccc(-n3cncn3)nn2)CC1. The number of halogens is 1. The first-order valence-electron chi connectivity index (χ1n) is 8.19. The smallest absolute Gasteiger partial charge is 0.253 e. The highest BCUT2D eigenvalue weighted by molar-refractivity contribution is 5.94. The van der Waals surface area contributed by atoms with Crippen molar-refractivity contribution in [3.63, 3.8) is 0 Å². The van der Waals surface area contributed by atoms with E-state index in [4.69, 9.17) is 0 Å². The summed E-state index contributed by atoms with van der Waals surface area (Å²) in [6, 6.07) is 9.33. The molecule has 0 saturated carbocycles. The van der Waals surface area contributed by atoms with Crippen molar-refractivity contribution in [2.45, 2.75) is 0 Å². The van der Waals surface area contributed by atoms with Gasteiger partial charge in [0.25, 0.3) is 5.91 Å². The van der Waals surface area contributed by atoms with E-state index in [9.17, 15) is 9.18 Å². The fraction of sp³-hybridized carbons (Fsp3) is 0.235. The van der Waals surface area contributed by atoms with Gasteiger partial charge in [-0.3, -0.25) is 4.79 Å². The monoisotopic (exact) mass is 353 g/mol. The first kappa shape index (κ1) is 16.1. The summed E-state index contributed by atoms with van der Waals surface area (Å²) in [7, 11) is 0. The molecule has 132 valence electrons. The topological polar surface area (TPSA) is 80.0 Å². The fourth-order valence-electron chi connectivity index (χ4n) is 2.85. The molecule has 1 aliphatic heterocycles. The number of carbonyl (C=O) groups is 1. The van der Waals surface area contributed by atoms with E-state index in [1.165, 1.54) is 35.3 Å². The lowest BCUT2D eigenvalue weighted by atomic mass is 10.2. The van der Waals surface area contributed by atoms with Crippen molar-refractivity contribution in [3.05, 3.63) is 60.4 Å². The van der Waals surface area contributed by atoms with Crippen LogP contribution < -0.4 is 4.90 Å². The van der Waals surface area contributed by atoms with Crippen LogP contribution in [0.5, 0.6) is 0 Å². The minimum absolute atomic E-state index is 0.0859. The van der Waals surface area contributed by atoms with E-state index in [1.807, 2.05) is 12.1 Å². The molecule has 3 heterocycles. The molecule has 1 aromatic carbocycles. The molecular formula is C17H16FN7O. The predicted octanol–water partition coefficient (Wildman–Crippen LogP) is 1.16. The lowest BCUT2D eigenvalue weighted by molar-refractivity contribution is 0.0746. The van der Waals surface area contributed by atoms with E-state index < -0.39 is 0 Å². The normalized spacial score (nSPS) is 14.5. The maximum atomic E-state index is 13.0. The maximum absolute atomic E-state index is 13.0. The molecule has 0 radical (unpaired) electrons. The van der Waals surface area contributed by atoms with E-state index in [0.29, 0.717) is 37.6 Å². The zero-order valence-electron chi connectivity index (χ0n) is 13.9. The average Bonchev–Trinajstić information content (AvgIpc) is 3.23. The van der Waals surface area contributed by atoms with Gasteiger partial charge in [0.1, 0.15) is 18.5 Å². The van der Waals surface area contributed by atoms with E-state index in [2.05, 4.69) is 25.2 Å². The average molecular weight is 353 g/mol. The second-order valence-electron chi connectivity index (χ2n) is 5.88. The van der Waals surface area contributed by atoms with Gasteiger partial charge in [0.05, 0.1) is 0 Å². The van der Waals surface area contributed by atoms with Crippen molar-refractivity contribution in [1.82, 2.24) is 29.9 Å². The quantitative estimate of drug-likeness (QED) is 0.703. The number of hydrogen-bond donors (Lipinski definition) is 0. The molecule has 0 aliphatic carbocycles. The van der Waals surface area contributed by atoms with Crippen LogP contribution in [-0.2, 0) is 0 Å². The van der Waals surface area contributed by atoms with Gasteiger partial charge in [0, 0.05) is 31.7 Å². The van der Waals surface area contributed by atoms with Crippen molar-refractivity contribution in [2.75, 3.05) is 31.1 Å². The van der Waals surface area contributed by atoms with E-state index >= 15 is 0 Å². The fourth-order valence-corrected chi connectivity index (χ4v) is 2.85. The molecule has 1 saturated heterocycles. The number of hydrogen-bond acceptors (Lipinski definition) is 6. The zero-order valence-corrected chi connectivity index (χ0v) is 13.9. The standard InChI is InChI=1S/C17H16FN7O/c18-14-3-1-13(2-4-14)17(26)24-9-7-23(8-10-24)15-5-6-16(22-21-15)25-12-19-11-20-25/h1-6,11-12H,7-10H2. The summed E-state index contributed by atoms with van der Waals surface area (Å²) >= 11 is 0. The van der Waals surface area contributed by atoms with Gasteiger partial charge in [0.2, 0.25) is 0 Å². The summed E-state index contributed by atoms with van der Waals surface area (Å²) in [6.07, 6.45) is 3.00. The minimum atomic E-state index is -0.348. The third-order valence-corrected chi connectivity index (χ3v) is 4.27. The molecule has 9 heteroatoms. The third-order valence-electron chi connectivity index (χ3n) is 4.27. The van der Waals surface area contributed by atoms with Crippen LogP contribution in [0.25, 0.3) is 5.82 Å². The largest absolute Gasteiger partial charge is 0.352 e. The second-order valence-corrected chi connectivity index (χ2v) is 5.88. The molecule has 0 unspecified atom stereocenters. The van der Waals surface area contributed by atoms with Gasteiger partial charge in [0.15, 0.2) is 11.6 Å². The van der Waals surface area contributed by atoms with Crippen LogP contribution in [0.15, 0.2) is 49.1 Å². The summed E-state index contributed by atoms with van der Waals surface area (Å²) < 4.78 is 14.5. The van der Waals surface area contributed by atoms with E-state index in [-0.39, 0.29) is 11.7 Å². The number of anilines is 1. The lowest BCUT2D eigenvalue weighted by Crippen LogP contribution is -2.49. The van der Waals surface area contributed by atoms with Crippen molar-refractivity contribution in [2.24, 2.45) is 0 Å². The number of amides is 1. The molecule has 0 N–H and O–H groups in total. The van der Waals surface area contributed by atoms with Gasteiger partial charge < -0.3 is 9.80 Å². The molecular weight excluding hydrogens is 337 g/mol. The minimum Gasteiger partial charge on any atom is -0.352 e. The summed E-state index contributed by atoms with van der Waals surface area (Å²) in [5.41, 5.74) is 0.497. The Labute approximate surface area is 148 Å². The van der Waals surface area contributed by atoms with Gasteiger partial charge in [-0.05, 0) is 36.4 Å². The number of benzene rings is 1. The van der Waals surface area contributed by atoms with Gasteiger partial charge in [-0.15, -0.1) is 10.2 Å². The molecule has 8 nitrogen and oxygen atoms in total. The Balaban J connectivity index is 1.39. The summed E-state index contributed by atoms with van der Waals surface area (Å²) in [5.74, 6) is 0.913. The van der Waals surface area contributed by atoms with Crippen LogP contribution in [0.1, 0.15) is 10.4 Å². The molecule has 0 atom stereocenters. The first-order valence-corrected chi connectivity index (χ1v) is 8.19. The van der Waals surface area contributed by atoms with Gasteiger partial charge in [-0.1, -0.05) is 0 Å². The van der Waals surface area contributed by atoms with Crippen molar-refractivity contribution in [1.29, 1.82) is 0 Å². The lowest BCUT2D eigenvalue weighted by Gasteiger charge is -2.35. The first-order chi connectivity index (χ1) is 12.7. The molecule has 1 fully saturated rings. The third kappa shape index (κ3) is 3.23. The zero-order chi connectivity index (χ0) is 17.9. The summed E-state index contributed by atoms with van der Waals surface area (Å²) in [4.78, 5) is 20.2. The van der Waals surface area contributed by atoms with Gasteiger partial charge in [-0.25, -0.2) is 14.1 Å². The van der Waals surface area contributed by atoms with Crippen molar-refractivity contribution in [3.8, 4) is 5.82 Å². The molecule has 1 aliphatic rings. The highest BCUT2D eigenvalue weighted by Gasteiger charge is 2.23. The molecule has 3 aromatic rings. The summed E-state index contributed by atoms with van der Waals surface area (Å²) in [6.45, 7) is 2.46. The van der Waals surface area contributed by atoms with Crippen LogP contribution >= 0.6 is 0 Å². The number of nitrogens with zero attached hydrogens (tertiary/aromatic N) is 7. The van der Waals surface area contributed by atoms with Crippen LogP contribution in [0.4, 0.5) is 10.2 Å². The molecule has 0 bridgehead atoms. The molecule has 26 heavy (non-hydrogen) atoms. The molecule has 2 aromatic heterocycles. The molecule has 0 spiro atoms. The van der Waals surface area contributed by atoms with E-state index in [1.54, 1.807) is 11.2 Å². The Morgan fingerprint density at radius 2 is 1.62 bits per heavy atom. The Morgan fingerprint density at radius 1 is 0.923 bits per heavy atom. The van der Waals surface area contributed by atoms with Crippen molar-refractivity contribution >= 4 is 11.7 Å². The number of rotatable bonds is 3. The van der Waals surface area contributed by atoms with Crippen molar-refractivity contribution < 1.29 is 9.18 Å². The second kappa shape index (κ2) is 6.87. The Morgan fingerprint density at radius 3 is 2.23 bits per heavy atom. The number of carbonyl (C=O) groups excluding carboxylic acids is 1. The van der Waals surface area contributed by atoms with E-state index in [0.717, 1.165) is 5.82 Å². The number of aromatic nitrogens is 5. The van der Waals surface area contributed by atoms with Gasteiger partial charge >= 0.3 is 0 Å².